The molecule has 5 nitrogen and oxygen atoms in total. The average molecular weight is 414 g/mol. The lowest BCUT2D eigenvalue weighted by atomic mass is 10.1. The van der Waals surface area contributed by atoms with E-state index >= 15 is 0 Å². The molecule has 0 aliphatic carbocycles. The van der Waals surface area contributed by atoms with Crippen molar-refractivity contribution in [3.63, 3.8) is 0 Å². The minimum Gasteiger partial charge on any atom is -0.349 e. The summed E-state index contributed by atoms with van der Waals surface area (Å²) in [6, 6.07) is 4.74. The summed E-state index contributed by atoms with van der Waals surface area (Å²) < 4.78 is 0. The lowest BCUT2D eigenvalue weighted by molar-refractivity contribution is 0.0690. The Morgan fingerprint density at radius 3 is 2.31 bits per heavy atom. The maximum absolute atomic E-state index is 12.9. The van der Waals surface area contributed by atoms with E-state index < -0.39 is 0 Å². The van der Waals surface area contributed by atoms with E-state index in [0.29, 0.717) is 32.9 Å². The predicted octanol–water partition coefficient (Wildman–Crippen LogP) is 4.64. The molecule has 1 heterocycles. The number of halogens is 2. The van der Waals surface area contributed by atoms with E-state index in [1.54, 1.807) is 28.5 Å². The number of thiazole rings is 1. The molecule has 1 aromatic carbocycles. The fourth-order valence-electron chi connectivity index (χ4n) is 2.30. The summed E-state index contributed by atoms with van der Waals surface area (Å²) in [4.78, 5) is 31.0. The molecule has 0 saturated heterocycles. The van der Waals surface area contributed by atoms with Crippen molar-refractivity contribution in [3.05, 3.63) is 49.9 Å². The first-order valence-electron chi connectivity index (χ1n) is 8.19. The second kappa shape index (κ2) is 8.84. The number of hydrogen-bond donors (Lipinski definition) is 1. The first-order chi connectivity index (χ1) is 12.2. The van der Waals surface area contributed by atoms with Crippen LogP contribution < -0.4 is 5.32 Å². The zero-order chi connectivity index (χ0) is 19.4. The number of nitrogens with zero attached hydrogens (tertiary/aromatic N) is 2. The van der Waals surface area contributed by atoms with Gasteiger partial charge < -0.3 is 10.2 Å². The highest BCUT2D eigenvalue weighted by molar-refractivity contribution is 7.09. The number of rotatable bonds is 6. The summed E-state index contributed by atoms with van der Waals surface area (Å²) in [7, 11) is 0. The summed E-state index contributed by atoms with van der Waals surface area (Å²) in [5, 5.41) is 6.01. The lowest BCUT2D eigenvalue weighted by Crippen LogP contribution is -2.36. The van der Waals surface area contributed by atoms with Crippen LogP contribution in [-0.4, -0.2) is 33.8 Å². The molecular formula is C18H21Cl2N3O2S. The number of carbonyl (C=O) groups excluding carboxylic acids is 2. The molecule has 2 aromatic rings. The minimum atomic E-state index is -0.216. The molecule has 0 aliphatic rings. The molecule has 8 heteroatoms. The zero-order valence-electron chi connectivity index (χ0n) is 15.0. The van der Waals surface area contributed by atoms with E-state index in [1.165, 1.54) is 11.3 Å². The Bertz CT molecular complexity index is 785. The molecule has 0 spiro atoms. The molecule has 0 saturated carbocycles. The lowest BCUT2D eigenvalue weighted by Gasteiger charge is -2.26. The van der Waals surface area contributed by atoms with Crippen molar-refractivity contribution in [3.8, 4) is 0 Å². The van der Waals surface area contributed by atoms with Crippen LogP contribution >= 0.6 is 34.5 Å². The molecule has 1 aromatic heterocycles. The van der Waals surface area contributed by atoms with E-state index in [9.17, 15) is 9.59 Å². The summed E-state index contributed by atoms with van der Waals surface area (Å²) in [5.74, 6) is -0.403. The largest absolute Gasteiger partial charge is 0.349 e. The Morgan fingerprint density at radius 2 is 1.77 bits per heavy atom. The van der Waals surface area contributed by atoms with Gasteiger partial charge in [0.15, 0.2) is 0 Å². The van der Waals surface area contributed by atoms with E-state index in [0.717, 1.165) is 0 Å². The second-order valence-electron chi connectivity index (χ2n) is 6.44. The van der Waals surface area contributed by atoms with Gasteiger partial charge in [-0.1, -0.05) is 23.2 Å². The van der Waals surface area contributed by atoms with Gasteiger partial charge in [0.05, 0.1) is 6.54 Å². The SMILES string of the molecule is CC(C)NC(=O)c1csc(CN(C(=O)c2cc(Cl)cc(Cl)c2)C(C)C)n1. The van der Waals surface area contributed by atoms with Crippen molar-refractivity contribution < 1.29 is 9.59 Å². The number of aromatic nitrogens is 1. The number of carbonyl (C=O) groups is 2. The molecule has 0 unspecified atom stereocenters. The topological polar surface area (TPSA) is 62.3 Å². The van der Waals surface area contributed by atoms with Crippen LogP contribution in [0.25, 0.3) is 0 Å². The Hall–Kier alpha value is -1.63. The van der Waals surface area contributed by atoms with Crippen molar-refractivity contribution in [2.45, 2.75) is 46.3 Å². The summed E-state index contributed by atoms with van der Waals surface area (Å²) in [6.07, 6.45) is 0. The van der Waals surface area contributed by atoms with E-state index in [2.05, 4.69) is 10.3 Å². The molecular weight excluding hydrogens is 393 g/mol. The number of amides is 2. The zero-order valence-corrected chi connectivity index (χ0v) is 17.4. The van der Waals surface area contributed by atoms with Gasteiger partial charge in [0.2, 0.25) is 0 Å². The molecule has 140 valence electrons. The highest BCUT2D eigenvalue weighted by Crippen LogP contribution is 2.22. The Balaban J connectivity index is 2.19. The van der Waals surface area contributed by atoms with Gasteiger partial charge in [-0.25, -0.2) is 4.98 Å². The normalized spacial score (nSPS) is 11.1. The maximum atomic E-state index is 12.9. The third-order valence-corrected chi connectivity index (χ3v) is 4.77. The van der Waals surface area contributed by atoms with Crippen molar-refractivity contribution in [2.75, 3.05) is 0 Å². The molecule has 2 amide bonds. The van der Waals surface area contributed by atoms with Crippen LogP contribution in [0.4, 0.5) is 0 Å². The van der Waals surface area contributed by atoms with Crippen molar-refractivity contribution in [1.29, 1.82) is 0 Å². The van der Waals surface area contributed by atoms with Crippen LogP contribution in [0, 0.1) is 0 Å². The van der Waals surface area contributed by atoms with Gasteiger partial charge in [0.1, 0.15) is 10.7 Å². The number of hydrogen-bond acceptors (Lipinski definition) is 4. The first-order valence-corrected chi connectivity index (χ1v) is 9.83. The summed E-state index contributed by atoms with van der Waals surface area (Å²) in [6.45, 7) is 7.93. The smallest absolute Gasteiger partial charge is 0.270 e. The first kappa shape index (κ1) is 20.7. The van der Waals surface area contributed by atoms with Gasteiger partial charge in [0, 0.05) is 33.1 Å². The van der Waals surface area contributed by atoms with Gasteiger partial charge >= 0.3 is 0 Å². The van der Waals surface area contributed by atoms with Gasteiger partial charge in [-0.2, -0.15) is 0 Å². The quantitative estimate of drug-likeness (QED) is 0.749. The molecule has 26 heavy (non-hydrogen) atoms. The molecule has 0 bridgehead atoms. The van der Waals surface area contributed by atoms with E-state index in [-0.39, 0.29) is 23.9 Å². The third kappa shape index (κ3) is 5.43. The Labute approximate surface area is 167 Å². The van der Waals surface area contributed by atoms with Crippen LogP contribution in [0.15, 0.2) is 23.6 Å². The van der Waals surface area contributed by atoms with Crippen molar-refractivity contribution >= 4 is 46.4 Å². The molecule has 0 aliphatic heterocycles. The molecule has 2 rings (SSSR count). The number of nitrogens with one attached hydrogen (secondary N) is 1. The monoisotopic (exact) mass is 413 g/mol. The van der Waals surface area contributed by atoms with Crippen LogP contribution in [-0.2, 0) is 6.54 Å². The molecule has 0 fully saturated rings. The average Bonchev–Trinajstić information content (AvgIpc) is 2.99. The van der Waals surface area contributed by atoms with Gasteiger partial charge in [-0.3, -0.25) is 9.59 Å². The summed E-state index contributed by atoms with van der Waals surface area (Å²) >= 11 is 13.4. The van der Waals surface area contributed by atoms with Crippen LogP contribution in [0.5, 0.6) is 0 Å². The van der Waals surface area contributed by atoms with Gasteiger partial charge in [0.25, 0.3) is 11.8 Å². The molecule has 1 N–H and O–H groups in total. The highest BCUT2D eigenvalue weighted by atomic mass is 35.5. The number of benzene rings is 1. The van der Waals surface area contributed by atoms with Gasteiger partial charge in [-0.05, 0) is 45.9 Å². The van der Waals surface area contributed by atoms with E-state index in [4.69, 9.17) is 23.2 Å². The minimum absolute atomic E-state index is 0.0361. The fourth-order valence-corrected chi connectivity index (χ4v) is 3.60. The van der Waals surface area contributed by atoms with Gasteiger partial charge in [-0.15, -0.1) is 11.3 Å². The standard InChI is InChI=1S/C18H21Cl2N3O2S/c1-10(2)21-17(24)15-9-26-16(22-15)8-23(11(3)4)18(25)12-5-13(19)7-14(20)6-12/h5-7,9-11H,8H2,1-4H3,(H,21,24). The van der Waals surface area contributed by atoms with Crippen LogP contribution in [0.3, 0.4) is 0 Å². The Morgan fingerprint density at radius 1 is 1.15 bits per heavy atom. The highest BCUT2D eigenvalue weighted by Gasteiger charge is 2.22. The maximum Gasteiger partial charge on any atom is 0.270 e. The fraction of sp³-hybridized carbons (Fsp3) is 0.389. The molecule has 0 radical (unpaired) electrons. The van der Waals surface area contributed by atoms with Crippen LogP contribution in [0.1, 0.15) is 53.5 Å². The second-order valence-corrected chi connectivity index (χ2v) is 8.26. The summed E-state index contributed by atoms with van der Waals surface area (Å²) in [5.41, 5.74) is 0.784. The van der Waals surface area contributed by atoms with Crippen molar-refractivity contribution in [2.24, 2.45) is 0 Å². The Kier molecular flexibility index (Phi) is 7.03. The third-order valence-electron chi connectivity index (χ3n) is 3.50. The molecule has 0 atom stereocenters. The predicted molar refractivity (Wildman–Crippen MR) is 106 cm³/mol. The van der Waals surface area contributed by atoms with Crippen LogP contribution in [0.2, 0.25) is 10.0 Å². The van der Waals surface area contributed by atoms with Crippen molar-refractivity contribution in [1.82, 2.24) is 15.2 Å². The van der Waals surface area contributed by atoms with E-state index in [1.807, 2.05) is 27.7 Å².